The van der Waals surface area contributed by atoms with Crippen LogP contribution in [0.2, 0.25) is 0 Å². The standard InChI is InChI=1S/C25H35N3O2/c1-4-5-6-7-12-21(22-13-8-11-16-25(22)29)18-19(2)17-20(3)28(30)26-23-14-9-10-15-24(23)27-28/h8-11,13-16,19-21,30H,4-7,12,17-18H2,1-3H3/p+1. The molecule has 5 heteroatoms. The molecule has 0 aromatic heterocycles. The number of aromatic hydroxyl groups is 1. The van der Waals surface area contributed by atoms with E-state index in [0.29, 0.717) is 17.6 Å². The molecule has 0 aliphatic carbocycles. The van der Waals surface area contributed by atoms with Gasteiger partial charge in [0.25, 0.3) is 0 Å². The zero-order valence-corrected chi connectivity index (χ0v) is 18.5. The van der Waals surface area contributed by atoms with Crippen LogP contribution in [0, 0.1) is 5.92 Å². The summed E-state index contributed by atoms with van der Waals surface area (Å²) in [6.45, 7) is 6.46. The molecule has 30 heavy (non-hydrogen) atoms. The summed E-state index contributed by atoms with van der Waals surface area (Å²) < 4.78 is 0. The fourth-order valence-electron chi connectivity index (χ4n) is 4.53. The molecule has 3 atom stereocenters. The summed E-state index contributed by atoms with van der Waals surface area (Å²) >= 11 is 0. The molecule has 3 rings (SSSR count). The monoisotopic (exact) mass is 410 g/mol. The highest BCUT2D eigenvalue weighted by molar-refractivity contribution is 5.34. The maximum atomic E-state index is 11.0. The highest BCUT2D eigenvalue weighted by atomic mass is 16.6. The van der Waals surface area contributed by atoms with Crippen molar-refractivity contribution >= 4 is 0 Å². The quantitative estimate of drug-likeness (QED) is 0.393. The predicted octanol–water partition coefficient (Wildman–Crippen LogP) is 5.24. The zero-order valence-electron chi connectivity index (χ0n) is 18.5. The van der Waals surface area contributed by atoms with E-state index in [0.717, 1.165) is 35.5 Å². The van der Waals surface area contributed by atoms with E-state index in [1.165, 1.54) is 25.7 Å². The molecule has 1 heterocycles. The van der Waals surface area contributed by atoms with Gasteiger partial charge in [-0.2, -0.15) is 5.21 Å². The molecule has 1 aliphatic rings. The van der Waals surface area contributed by atoms with Gasteiger partial charge in [0, 0.05) is 6.42 Å². The molecule has 1 aliphatic heterocycles. The van der Waals surface area contributed by atoms with Crippen molar-refractivity contribution in [3.05, 3.63) is 64.8 Å². The van der Waals surface area contributed by atoms with Gasteiger partial charge in [0.05, 0.1) is 4.86 Å². The van der Waals surface area contributed by atoms with E-state index in [-0.39, 0.29) is 6.04 Å². The molecule has 0 amide bonds. The molecular formula is C25H36N3O2+. The van der Waals surface area contributed by atoms with Crippen LogP contribution in [0.15, 0.2) is 58.7 Å². The third-order valence-electron chi connectivity index (χ3n) is 6.20. The van der Waals surface area contributed by atoms with Crippen molar-refractivity contribution in [3.8, 4) is 5.75 Å². The highest BCUT2D eigenvalue weighted by Crippen LogP contribution is 2.36. The minimum Gasteiger partial charge on any atom is -0.508 e. The van der Waals surface area contributed by atoms with E-state index in [9.17, 15) is 10.3 Å². The predicted molar refractivity (Wildman–Crippen MR) is 118 cm³/mol. The summed E-state index contributed by atoms with van der Waals surface area (Å²) in [5.74, 6) is 1.08. The Morgan fingerprint density at radius 3 is 2.13 bits per heavy atom. The smallest absolute Gasteiger partial charge is 0.171 e. The Balaban J connectivity index is 1.67. The first kappa shape index (κ1) is 22.4. The first-order valence-electron chi connectivity index (χ1n) is 11.4. The van der Waals surface area contributed by atoms with Crippen LogP contribution in [-0.4, -0.2) is 21.2 Å². The average Bonchev–Trinajstić information content (AvgIpc) is 3.08. The molecule has 0 spiro atoms. The SMILES string of the molecule is CCCCCCC(CC(C)CC(C)[N+]1(O)N=c2ccccc2=N1)c1ccccc1O. The van der Waals surface area contributed by atoms with Gasteiger partial charge in [-0.1, -0.05) is 69.9 Å². The van der Waals surface area contributed by atoms with Crippen molar-refractivity contribution in [3.63, 3.8) is 0 Å². The number of hydrogen-bond donors (Lipinski definition) is 2. The Morgan fingerprint density at radius 1 is 0.867 bits per heavy atom. The van der Waals surface area contributed by atoms with E-state index in [1.807, 2.05) is 43.3 Å². The molecule has 2 aromatic carbocycles. The Morgan fingerprint density at radius 2 is 1.50 bits per heavy atom. The normalized spacial score (nSPS) is 17.5. The first-order chi connectivity index (χ1) is 14.4. The van der Waals surface area contributed by atoms with Gasteiger partial charge in [-0.25, -0.2) is 0 Å². The van der Waals surface area contributed by atoms with Gasteiger partial charge in [-0.3, -0.25) is 0 Å². The summed E-state index contributed by atoms with van der Waals surface area (Å²) in [5, 5.41) is 31.8. The first-order valence-corrected chi connectivity index (χ1v) is 11.4. The highest BCUT2D eigenvalue weighted by Gasteiger charge is 2.38. The van der Waals surface area contributed by atoms with Crippen molar-refractivity contribution in [2.24, 2.45) is 16.1 Å². The maximum Gasteiger partial charge on any atom is 0.171 e. The number of hydrogen-bond acceptors (Lipinski definition) is 4. The van der Waals surface area contributed by atoms with Crippen LogP contribution in [0.4, 0.5) is 0 Å². The Bertz CT molecular complexity index is 908. The summed E-state index contributed by atoms with van der Waals surface area (Å²) in [5.41, 5.74) is 1.05. The number of nitrogens with zero attached hydrogens (tertiary/aromatic N) is 3. The number of unbranched alkanes of at least 4 members (excludes halogenated alkanes) is 3. The van der Waals surface area contributed by atoms with Gasteiger partial charge >= 0.3 is 0 Å². The maximum absolute atomic E-state index is 11.0. The van der Waals surface area contributed by atoms with E-state index in [1.54, 1.807) is 6.07 Å². The van der Waals surface area contributed by atoms with Crippen LogP contribution in [-0.2, 0) is 0 Å². The van der Waals surface area contributed by atoms with Gasteiger partial charge in [0.15, 0.2) is 16.8 Å². The van der Waals surface area contributed by atoms with Gasteiger partial charge in [0.1, 0.15) is 5.75 Å². The molecule has 0 fully saturated rings. The molecule has 3 unspecified atom stereocenters. The molecule has 0 saturated carbocycles. The van der Waals surface area contributed by atoms with E-state index >= 15 is 0 Å². The number of para-hydroxylation sites is 1. The van der Waals surface area contributed by atoms with Crippen LogP contribution >= 0.6 is 0 Å². The Kier molecular flexibility index (Phi) is 7.62. The number of phenolic OH excluding ortho intramolecular Hbond substituents is 1. The fourth-order valence-corrected chi connectivity index (χ4v) is 4.53. The second kappa shape index (κ2) is 10.2. The van der Waals surface area contributed by atoms with E-state index in [2.05, 4.69) is 30.1 Å². The van der Waals surface area contributed by atoms with Crippen molar-refractivity contribution in [1.82, 2.24) is 0 Å². The number of rotatable bonds is 11. The minimum absolute atomic E-state index is 0.141. The molecule has 2 N–H and O–H groups in total. The average molecular weight is 411 g/mol. The van der Waals surface area contributed by atoms with Gasteiger partial charge < -0.3 is 5.11 Å². The van der Waals surface area contributed by atoms with Crippen LogP contribution in [0.1, 0.15) is 77.2 Å². The molecular weight excluding hydrogens is 374 g/mol. The minimum atomic E-state index is -0.624. The van der Waals surface area contributed by atoms with E-state index < -0.39 is 4.86 Å². The number of phenols is 1. The second-order valence-electron chi connectivity index (χ2n) is 8.83. The number of benzene rings is 2. The number of hydroxylamine groups is 1. The largest absolute Gasteiger partial charge is 0.508 e. The summed E-state index contributed by atoms with van der Waals surface area (Å²) in [4.78, 5) is -0.624. The van der Waals surface area contributed by atoms with Crippen LogP contribution < -0.4 is 10.7 Å². The lowest BCUT2D eigenvalue weighted by molar-refractivity contribution is -1.13. The zero-order chi connectivity index (χ0) is 21.6. The fraction of sp³-hybridized carbons (Fsp3) is 0.520. The summed E-state index contributed by atoms with van der Waals surface area (Å²) in [7, 11) is 0. The lowest BCUT2D eigenvalue weighted by Gasteiger charge is -2.26. The van der Waals surface area contributed by atoms with Gasteiger partial charge in [-0.15, -0.1) is 0 Å². The van der Waals surface area contributed by atoms with Gasteiger partial charge in [0.2, 0.25) is 0 Å². The van der Waals surface area contributed by atoms with Crippen LogP contribution in [0.5, 0.6) is 5.75 Å². The van der Waals surface area contributed by atoms with Gasteiger partial charge in [-0.05, 0) is 65.6 Å². The Labute approximate surface area is 179 Å². The van der Waals surface area contributed by atoms with E-state index in [4.69, 9.17) is 0 Å². The van der Waals surface area contributed by atoms with Crippen LogP contribution in [0.25, 0.3) is 0 Å². The third kappa shape index (κ3) is 5.46. The van der Waals surface area contributed by atoms with Crippen molar-refractivity contribution < 1.29 is 15.2 Å². The molecule has 0 radical (unpaired) electrons. The van der Waals surface area contributed by atoms with Crippen molar-refractivity contribution in [1.29, 1.82) is 0 Å². The summed E-state index contributed by atoms with van der Waals surface area (Å²) in [6, 6.07) is 15.2. The van der Waals surface area contributed by atoms with Crippen molar-refractivity contribution in [2.45, 2.75) is 77.7 Å². The third-order valence-corrected chi connectivity index (χ3v) is 6.20. The molecule has 162 valence electrons. The topological polar surface area (TPSA) is 65.2 Å². The molecule has 5 nitrogen and oxygen atoms in total. The molecule has 2 aromatic rings. The Hall–Kier alpha value is -2.24. The number of fused-ring (bicyclic) bond motifs is 1. The van der Waals surface area contributed by atoms with Crippen LogP contribution in [0.3, 0.4) is 0 Å². The lowest BCUT2D eigenvalue weighted by atomic mass is 9.83. The van der Waals surface area contributed by atoms with Crippen molar-refractivity contribution in [2.75, 3.05) is 0 Å². The lowest BCUT2D eigenvalue weighted by Crippen LogP contribution is -2.42. The molecule has 0 saturated heterocycles. The second-order valence-corrected chi connectivity index (χ2v) is 8.83. The summed E-state index contributed by atoms with van der Waals surface area (Å²) in [6.07, 6.45) is 7.75. The number of quaternary nitrogens is 1. The molecule has 0 bridgehead atoms.